The minimum absolute atomic E-state index is 0.204. The molecule has 4 rings (SSSR count). The fourth-order valence-electron chi connectivity index (χ4n) is 3.55. The maximum absolute atomic E-state index is 12.8. The van der Waals surface area contributed by atoms with E-state index in [-0.39, 0.29) is 5.91 Å². The molecular formula is C24H23N3O4. The molecule has 158 valence electrons. The highest BCUT2D eigenvalue weighted by atomic mass is 16.5. The fraction of sp³-hybridized carbons (Fsp3) is 0.167. The van der Waals surface area contributed by atoms with Crippen LogP contribution in [0.25, 0.3) is 0 Å². The topological polar surface area (TPSA) is 90.9 Å². The van der Waals surface area contributed by atoms with Gasteiger partial charge in [-0.05, 0) is 29.3 Å². The third-order valence-corrected chi connectivity index (χ3v) is 5.14. The van der Waals surface area contributed by atoms with Crippen LogP contribution in [0, 0.1) is 0 Å². The van der Waals surface area contributed by atoms with Crippen molar-refractivity contribution >= 4 is 17.5 Å². The number of nitrogens with one attached hydrogen (secondary N) is 2. The smallest absolute Gasteiger partial charge is 0.274 e. The lowest BCUT2D eigenvalue weighted by Crippen LogP contribution is -2.48. The minimum atomic E-state index is -0.697. The Hall–Kier alpha value is -3.84. The number of rotatable bonds is 6. The van der Waals surface area contributed by atoms with Crippen LogP contribution in [0.2, 0.25) is 0 Å². The Labute approximate surface area is 180 Å². The van der Waals surface area contributed by atoms with Gasteiger partial charge in [0.25, 0.3) is 11.8 Å². The van der Waals surface area contributed by atoms with Crippen LogP contribution < -0.4 is 20.4 Å². The van der Waals surface area contributed by atoms with Gasteiger partial charge in [0, 0.05) is 18.7 Å². The molecular weight excluding hydrogens is 394 g/mol. The molecule has 1 atom stereocenters. The van der Waals surface area contributed by atoms with E-state index in [1.807, 2.05) is 65.6 Å². The molecule has 0 saturated carbocycles. The zero-order valence-corrected chi connectivity index (χ0v) is 16.8. The molecule has 0 radical (unpaired) electrons. The number of carbonyl (C=O) groups excluding carboxylic acids is 2. The number of hydroxylamine groups is 1. The summed E-state index contributed by atoms with van der Waals surface area (Å²) in [7, 11) is 0. The normalized spacial score (nSPS) is 14.9. The number of fused-ring (bicyclic) bond motifs is 1. The second-order valence-electron chi connectivity index (χ2n) is 7.30. The number of anilines is 1. The Kier molecular flexibility index (Phi) is 6.14. The molecule has 1 heterocycles. The summed E-state index contributed by atoms with van der Waals surface area (Å²) in [6, 6.07) is 24.4. The summed E-state index contributed by atoms with van der Waals surface area (Å²) in [6.45, 7) is 1.29. The van der Waals surface area contributed by atoms with Crippen molar-refractivity contribution in [1.82, 2.24) is 10.8 Å². The van der Waals surface area contributed by atoms with Crippen molar-refractivity contribution in [3.05, 3.63) is 95.6 Å². The Morgan fingerprint density at radius 1 is 0.968 bits per heavy atom. The number of ether oxygens (including phenoxy) is 1. The fourth-order valence-corrected chi connectivity index (χ4v) is 3.55. The molecule has 31 heavy (non-hydrogen) atoms. The Bertz CT molecular complexity index is 1060. The highest BCUT2D eigenvalue weighted by molar-refractivity contribution is 5.95. The van der Waals surface area contributed by atoms with E-state index < -0.39 is 12.0 Å². The summed E-state index contributed by atoms with van der Waals surface area (Å²) < 4.78 is 5.97. The minimum Gasteiger partial charge on any atom is -0.477 e. The lowest BCUT2D eigenvalue weighted by molar-refractivity contribution is -0.128. The molecule has 0 spiro atoms. The van der Waals surface area contributed by atoms with E-state index >= 15 is 0 Å². The van der Waals surface area contributed by atoms with Crippen LogP contribution in [0.3, 0.4) is 0 Å². The van der Waals surface area contributed by atoms with E-state index in [0.717, 1.165) is 11.1 Å². The van der Waals surface area contributed by atoms with Gasteiger partial charge in [-0.25, -0.2) is 5.48 Å². The molecule has 3 aromatic rings. The number of nitrogens with zero attached hydrogens (tertiary/aromatic N) is 1. The quantitative estimate of drug-likeness (QED) is 0.424. The molecule has 0 bridgehead atoms. The molecule has 3 aromatic carbocycles. The monoisotopic (exact) mass is 417 g/mol. The van der Waals surface area contributed by atoms with Gasteiger partial charge in [-0.1, -0.05) is 60.7 Å². The molecule has 1 aliphatic rings. The van der Waals surface area contributed by atoms with Gasteiger partial charge >= 0.3 is 0 Å². The van der Waals surface area contributed by atoms with Crippen molar-refractivity contribution in [2.24, 2.45) is 0 Å². The zero-order chi connectivity index (χ0) is 21.6. The average molecular weight is 417 g/mol. The first-order valence-electron chi connectivity index (χ1n) is 9.99. The molecule has 0 aromatic heterocycles. The van der Waals surface area contributed by atoms with Crippen molar-refractivity contribution in [2.75, 3.05) is 11.4 Å². The van der Waals surface area contributed by atoms with E-state index in [0.29, 0.717) is 36.6 Å². The van der Waals surface area contributed by atoms with Crippen LogP contribution in [0.15, 0.2) is 78.9 Å². The molecule has 0 aliphatic carbocycles. The summed E-state index contributed by atoms with van der Waals surface area (Å²) in [5.41, 5.74) is 4.71. The molecule has 3 N–H and O–H groups in total. The summed E-state index contributed by atoms with van der Waals surface area (Å²) in [6.07, 6.45) is -0.697. The molecule has 7 heteroatoms. The maximum atomic E-state index is 12.8. The van der Waals surface area contributed by atoms with Crippen LogP contribution in [-0.2, 0) is 17.9 Å². The van der Waals surface area contributed by atoms with Gasteiger partial charge in [-0.3, -0.25) is 14.8 Å². The first kappa shape index (κ1) is 20.4. The first-order valence-corrected chi connectivity index (χ1v) is 9.99. The highest BCUT2D eigenvalue weighted by Crippen LogP contribution is 2.35. The molecule has 7 nitrogen and oxygen atoms in total. The van der Waals surface area contributed by atoms with E-state index in [1.165, 1.54) is 0 Å². The third kappa shape index (κ3) is 4.84. The van der Waals surface area contributed by atoms with Crippen molar-refractivity contribution in [2.45, 2.75) is 19.2 Å². The van der Waals surface area contributed by atoms with Crippen LogP contribution >= 0.6 is 0 Å². The van der Waals surface area contributed by atoms with Crippen LogP contribution in [0.1, 0.15) is 21.5 Å². The predicted octanol–water partition coefficient (Wildman–Crippen LogP) is 2.89. The lowest BCUT2D eigenvalue weighted by atomic mass is 10.1. The van der Waals surface area contributed by atoms with Gasteiger partial charge in [0.2, 0.25) is 0 Å². The van der Waals surface area contributed by atoms with Gasteiger partial charge in [0.1, 0.15) is 5.75 Å². The van der Waals surface area contributed by atoms with Crippen molar-refractivity contribution < 1.29 is 19.5 Å². The van der Waals surface area contributed by atoms with E-state index in [9.17, 15) is 9.59 Å². The van der Waals surface area contributed by atoms with E-state index in [1.54, 1.807) is 23.7 Å². The Morgan fingerprint density at radius 3 is 2.32 bits per heavy atom. The van der Waals surface area contributed by atoms with E-state index in [2.05, 4.69) is 5.32 Å². The second-order valence-corrected chi connectivity index (χ2v) is 7.30. The van der Waals surface area contributed by atoms with Crippen LogP contribution in [-0.4, -0.2) is 29.7 Å². The number of amides is 2. The molecule has 1 unspecified atom stereocenters. The van der Waals surface area contributed by atoms with Crippen molar-refractivity contribution in [3.8, 4) is 5.75 Å². The largest absolute Gasteiger partial charge is 0.477 e. The summed E-state index contributed by atoms with van der Waals surface area (Å²) in [5, 5.41) is 11.9. The van der Waals surface area contributed by atoms with Gasteiger partial charge in [0.15, 0.2) is 6.10 Å². The van der Waals surface area contributed by atoms with Gasteiger partial charge in [0.05, 0.1) is 12.2 Å². The van der Waals surface area contributed by atoms with Gasteiger partial charge in [-0.2, -0.15) is 0 Å². The number of carbonyl (C=O) groups is 2. The van der Waals surface area contributed by atoms with Crippen molar-refractivity contribution in [1.29, 1.82) is 0 Å². The second kappa shape index (κ2) is 9.32. The molecule has 0 fully saturated rings. The summed E-state index contributed by atoms with van der Waals surface area (Å²) in [5.74, 6) is -0.300. The van der Waals surface area contributed by atoms with Gasteiger partial charge in [-0.15, -0.1) is 0 Å². The number of benzene rings is 3. The first-order chi connectivity index (χ1) is 15.1. The number of hydrogen-bond donors (Lipinski definition) is 3. The van der Waals surface area contributed by atoms with E-state index in [4.69, 9.17) is 9.94 Å². The highest BCUT2D eigenvalue weighted by Gasteiger charge is 2.31. The van der Waals surface area contributed by atoms with Gasteiger partial charge < -0.3 is 15.0 Å². The Morgan fingerprint density at radius 2 is 1.65 bits per heavy atom. The summed E-state index contributed by atoms with van der Waals surface area (Å²) >= 11 is 0. The van der Waals surface area contributed by atoms with Crippen LogP contribution in [0.4, 0.5) is 5.69 Å². The standard InChI is InChI=1S/C24H23N3O4/c28-23(26-30)19-11-12-21-20(13-19)27(15-18-9-5-2-6-10-18)16-22(31-21)24(29)25-14-17-7-3-1-4-8-17/h1-13,22,30H,14-16H2,(H,25,29)(H,26,28). The molecule has 0 saturated heterocycles. The Balaban J connectivity index is 1.56. The van der Waals surface area contributed by atoms with Crippen molar-refractivity contribution in [3.63, 3.8) is 0 Å². The maximum Gasteiger partial charge on any atom is 0.274 e. The summed E-state index contributed by atoms with van der Waals surface area (Å²) in [4.78, 5) is 26.7. The molecule has 1 aliphatic heterocycles. The third-order valence-electron chi connectivity index (χ3n) is 5.14. The molecule has 2 amide bonds. The number of hydrogen-bond acceptors (Lipinski definition) is 5. The SMILES string of the molecule is O=C(NO)c1ccc2c(c1)N(Cc1ccccc1)CC(C(=O)NCc1ccccc1)O2. The zero-order valence-electron chi connectivity index (χ0n) is 16.8. The average Bonchev–Trinajstić information content (AvgIpc) is 2.83. The predicted molar refractivity (Wildman–Crippen MR) is 116 cm³/mol. The lowest BCUT2D eigenvalue weighted by Gasteiger charge is -2.36. The van der Waals surface area contributed by atoms with Crippen LogP contribution in [0.5, 0.6) is 5.75 Å².